The van der Waals surface area contributed by atoms with Gasteiger partial charge in [-0.05, 0) is 25.7 Å². The molecule has 0 aromatic carbocycles. The molecule has 0 spiro atoms. The van der Waals surface area contributed by atoms with Gasteiger partial charge in [0.15, 0.2) is 5.82 Å². The Kier molecular flexibility index (Phi) is 4.83. The van der Waals surface area contributed by atoms with Crippen molar-refractivity contribution >= 4 is 5.91 Å². The number of amides is 1. The highest BCUT2D eigenvalue weighted by molar-refractivity contribution is 5.79. The second kappa shape index (κ2) is 6.87. The first-order valence-corrected chi connectivity index (χ1v) is 8.44. The van der Waals surface area contributed by atoms with Crippen LogP contribution in [0.3, 0.4) is 0 Å². The summed E-state index contributed by atoms with van der Waals surface area (Å²) < 4.78 is 4.98. The van der Waals surface area contributed by atoms with Crippen molar-refractivity contribution in [2.24, 2.45) is 5.92 Å². The Morgan fingerprint density at radius 2 is 2.04 bits per heavy atom. The van der Waals surface area contributed by atoms with E-state index in [2.05, 4.69) is 31.3 Å². The number of aryl methyl sites for hydroxylation is 1. The molecule has 3 rings (SSSR count). The van der Waals surface area contributed by atoms with Crippen LogP contribution in [0.25, 0.3) is 0 Å². The van der Waals surface area contributed by atoms with E-state index in [4.69, 9.17) is 4.52 Å². The standard InChI is InChI=1S/C16H24N6O2/c1-12-18-14(20-24-12)9-21-5-7-22(8-6-21)10-15(23)19-16(2,11-17)13-3-4-13/h13H,3-10H2,1-2H3,(H,19,23)/t16-/m0/s1. The van der Waals surface area contributed by atoms with Gasteiger partial charge in [-0.3, -0.25) is 14.6 Å². The number of nitrogens with one attached hydrogen (secondary N) is 1. The summed E-state index contributed by atoms with van der Waals surface area (Å²) in [4.78, 5) is 20.8. The summed E-state index contributed by atoms with van der Waals surface area (Å²) in [6, 6.07) is 2.26. The highest BCUT2D eigenvalue weighted by Crippen LogP contribution is 2.39. The number of piperazine rings is 1. The Bertz CT molecular complexity index is 627. The molecular formula is C16H24N6O2. The van der Waals surface area contributed by atoms with Crippen LogP contribution in [0.5, 0.6) is 0 Å². The van der Waals surface area contributed by atoms with Gasteiger partial charge in [0.25, 0.3) is 0 Å². The maximum absolute atomic E-state index is 12.2. The van der Waals surface area contributed by atoms with Crippen LogP contribution in [0.4, 0.5) is 0 Å². The molecular weight excluding hydrogens is 308 g/mol. The average Bonchev–Trinajstić information content (AvgIpc) is 3.33. The molecule has 1 aromatic rings. The van der Waals surface area contributed by atoms with Gasteiger partial charge in [-0.2, -0.15) is 10.2 Å². The zero-order chi connectivity index (χ0) is 17.2. The van der Waals surface area contributed by atoms with E-state index in [0.29, 0.717) is 30.7 Å². The Labute approximate surface area is 141 Å². The molecule has 0 unspecified atom stereocenters. The molecule has 130 valence electrons. The zero-order valence-corrected chi connectivity index (χ0v) is 14.3. The minimum absolute atomic E-state index is 0.0619. The van der Waals surface area contributed by atoms with E-state index in [9.17, 15) is 10.1 Å². The molecule has 1 saturated carbocycles. The minimum Gasteiger partial charge on any atom is -0.340 e. The summed E-state index contributed by atoms with van der Waals surface area (Å²) in [5, 5.41) is 16.2. The normalized spacial score (nSPS) is 21.9. The van der Waals surface area contributed by atoms with Crippen LogP contribution in [-0.4, -0.2) is 64.1 Å². The van der Waals surface area contributed by atoms with Gasteiger partial charge < -0.3 is 9.84 Å². The third kappa shape index (κ3) is 4.10. The van der Waals surface area contributed by atoms with Crippen LogP contribution in [0.2, 0.25) is 0 Å². The van der Waals surface area contributed by atoms with Crippen molar-refractivity contribution in [3.05, 3.63) is 11.7 Å². The highest BCUT2D eigenvalue weighted by Gasteiger charge is 2.43. The van der Waals surface area contributed by atoms with Gasteiger partial charge in [0.1, 0.15) is 5.54 Å². The fourth-order valence-electron chi connectivity index (χ4n) is 3.13. The number of carbonyl (C=O) groups excluding carboxylic acids is 1. The molecule has 2 heterocycles. The molecule has 0 bridgehead atoms. The highest BCUT2D eigenvalue weighted by atomic mass is 16.5. The Morgan fingerprint density at radius 3 is 2.58 bits per heavy atom. The number of aromatic nitrogens is 2. The second-order valence-electron chi connectivity index (χ2n) is 6.92. The van der Waals surface area contributed by atoms with Crippen LogP contribution in [0.15, 0.2) is 4.52 Å². The molecule has 2 fully saturated rings. The first-order valence-electron chi connectivity index (χ1n) is 8.44. The SMILES string of the molecule is Cc1nc(CN2CCN(CC(=O)N[C@@](C)(C#N)C3CC3)CC2)no1. The van der Waals surface area contributed by atoms with Crippen molar-refractivity contribution in [1.29, 1.82) is 5.26 Å². The van der Waals surface area contributed by atoms with Crippen LogP contribution in [0, 0.1) is 24.2 Å². The molecule has 1 amide bonds. The number of carbonyl (C=O) groups is 1. The van der Waals surface area contributed by atoms with E-state index in [0.717, 1.165) is 39.0 Å². The van der Waals surface area contributed by atoms with Crippen molar-refractivity contribution in [1.82, 2.24) is 25.3 Å². The van der Waals surface area contributed by atoms with E-state index in [1.54, 1.807) is 6.92 Å². The molecule has 1 aromatic heterocycles. The minimum atomic E-state index is -0.713. The summed E-state index contributed by atoms with van der Waals surface area (Å²) in [5.41, 5.74) is -0.713. The summed E-state index contributed by atoms with van der Waals surface area (Å²) in [7, 11) is 0. The summed E-state index contributed by atoms with van der Waals surface area (Å²) in [5.74, 6) is 1.53. The van der Waals surface area contributed by atoms with E-state index in [-0.39, 0.29) is 5.91 Å². The lowest BCUT2D eigenvalue weighted by molar-refractivity contribution is -0.124. The lowest BCUT2D eigenvalue weighted by atomic mass is 9.98. The van der Waals surface area contributed by atoms with Crippen molar-refractivity contribution in [2.75, 3.05) is 32.7 Å². The van der Waals surface area contributed by atoms with Gasteiger partial charge in [-0.15, -0.1) is 0 Å². The third-order valence-corrected chi connectivity index (χ3v) is 4.79. The van der Waals surface area contributed by atoms with E-state index >= 15 is 0 Å². The van der Waals surface area contributed by atoms with Crippen LogP contribution in [0.1, 0.15) is 31.5 Å². The number of hydrogen-bond acceptors (Lipinski definition) is 7. The smallest absolute Gasteiger partial charge is 0.235 e. The predicted molar refractivity (Wildman–Crippen MR) is 85.6 cm³/mol. The first-order chi connectivity index (χ1) is 11.5. The first kappa shape index (κ1) is 16.9. The molecule has 1 aliphatic heterocycles. The Hall–Kier alpha value is -1.98. The van der Waals surface area contributed by atoms with Gasteiger partial charge in [0.2, 0.25) is 11.8 Å². The van der Waals surface area contributed by atoms with Crippen molar-refractivity contribution in [3.63, 3.8) is 0 Å². The maximum atomic E-state index is 12.2. The number of rotatable bonds is 6. The van der Waals surface area contributed by atoms with Crippen molar-refractivity contribution in [2.45, 2.75) is 38.8 Å². The van der Waals surface area contributed by atoms with Gasteiger partial charge >= 0.3 is 0 Å². The molecule has 1 saturated heterocycles. The summed E-state index contributed by atoms with van der Waals surface area (Å²) in [6.45, 7) is 7.98. The van der Waals surface area contributed by atoms with Gasteiger partial charge in [-0.1, -0.05) is 5.16 Å². The van der Waals surface area contributed by atoms with E-state index < -0.39 is 5.54 Å². The number of nitriles is 1. The molecule has 1 atom stereocenters. The summed E-state index contributed by atoms with van der Waals surface area (Å²) in [6.07, 6.45) is 2.05. The van der Waals surface area contributed by atoms with Crippen LogP contribution < -0.4 is 5.32 Å². The molecule has 2 aliphatic rings. The third-order valence-electron chi connectivity index (χ3n) is 4.79. The molecule has 24 heavy (non-hydrogen) atoms. The van der Waals surface area contributed by atoms with Crippen molar-refractivity contribution in [3.8, 4) is 6.07 Å². The maximum Gasteiger partial charge on any atom is 0.235 e. The van der Waals surface area contributed by atoms with E-state index in [1.165, 1.54) is 0 Å². The van der Waals surface area contributed by atoms with Gasteiger partial charge in [-0.25, -0.2) is 0 Å². The van der Waals surface area contributed by atoms with Crippen molar-refractivity contribution < 1.29 is 9.32 Å². The second-order valence-corrected chi connectivity index (χ2v) is 6.92. The number of hydrogen-bond donors (Lipinski definition) is 1. The average molecular weight is 332 g/mol. The van der Waals surface area contributed by atoms with Crippen LogP contribution in [-0.2, 0) is 11.3 Å². The monoisotopic (exact) mass is 332 g/mol. The topological polar surface area (TPSA) is 98.3 Å². The fraction of sp³-hybridized carbons (Fsp3) is 0.750. The van der Waals surface area contributed by atoms with E-state index in [1.807, 2.05) is 6.92 Å². The largest absolute Gasteiger partial charge is 0.340 e. The molecule has 1 N–H and O–H groups in total. The quantitative estimate of drug-likeness (QED) is 0.800. The lowest BCUT2D eigenvalue weighted by Crippen LogP contribution is -2.53. The summed E-state index contributed by atoms with van der Waals surface area (Å²) >= 11 is 0. The lowest BCUT2D eigenvalue weighted by Gasteiger charge is -2.34. The fourth-order valence-corrected chi connectivity index (χ4v) is 3.13. The zero-order valence-electron chi connectivity index (χ0n) is 14.3. The van der Waals surface area contributed by atoms with Gasteiger partial charge in [0.05, 0.1) is 19.2 Å². The molecule has 8 heteroatoms. The van der Waals surface area contributed by atoms with Gasteiger partial charge in [0, 0.05) is 33.1 Å². The number of nitrogens with zero attached hydrogens (tertiary/aromatic N) is 5. The Morgan fingerprint density at radius 1 is 1.38 bits per heavy atom. The van der Waals surface area contributed by atoms with Crippen LogP contribution >= 0.6 is 0 Å². The Balaban J connectivity index is 1.42. The molecule has 8 nitrogen and oxygen atoms in total. The predicted octanol–water partition coefficient (Wildman–Crippen LogP) is 0.304. The molecule has 0 radical (unpaired) electrons. The molecule has 1 aliphatic carbocycles.